The minimum absolute atomic E-state index is 0.0954. The van der Waals surface area contributed by atoms with Gasteiger partial charge in [-0.3, -0.25) is 4.79 Å². The maximum absolute atomic E-state index is 14.0. The van der Waals surface area contributed by atoms with Crippen molar-refractivity contribution in [3.05, 3.63) is 101 Å². The average molecular weight is 513 g/mol. The Labute approximate surface area is 224 Å². The fourth-order valence-corrected chi connectivity index (χ4v) is 4.77. The van der Waals surface area contributed by atoms with Gasteiger partial charge < -0.3 is 25.5 Å². The number of nitrogens with two attached hydrogens (primary N) is 1. The molecule has 0 spiro atoms. The van der Waals surface area contributed by atoms with Crippen LogP contribution in [0.2, 0.25) is 0 Å². The van der Waals surface area contributed by atoms with Crippen LogP contribution in [0.5, 0.6) is 0 Å². The molecule has 2 heterocycles. The van der Waals surface area contributed by atoms with Gasteiger partial charge in [0.05, 0.1) is 35.9 Å². The molecule has 2 aliphatic rings. The molecule has 0 radical (unpaired) electrons. The molecule has 1 atom stereocenters. The van der Waals surface area contributed by atoms with Gasteiger partial charge in [0.1, 0.15) is 0 Å². The molecule has 0 aliphatic carbocycles. The number of amides is 1. The third-order valence-electron chi connectivity index (χ3n) is 6.50. The third-order valence-corrected chi connectivity index (χ3v) is 6.50. The molecule has 2 aliphatic heterocycles. The SMILES string of the molecule is CC.CCN/C1=C(\N)c2ccccc2N(CC2CC(c3ccc(COC)cc3)=NO2)C(=O)c2ccccc21. The maximum atomic E-state index is 14.0. The van der Waals surface area contributed by atoms with Crippen LogP contribution in [0.15, 0.2) is 78.0 Å². The number of benzene rings is 3. The maximum Gasteiger partial charge on any atom is 0.259 e. The second kappa shape index (κ2) is 12.4. The van der Waals surface area contributed by atoms with Crippen molar-refractivity contribution in [3.63, 3.8) is 0 Å². The third kappa shape index (κ3) is 5.43. The summed E-state index contributed by atoms with van der Waals surface area (Å²) in [7, 11) is 1.68. The lowest BCUT2D eigenvalue weighted by molar-refractivity contribution is 0.0817. The topological polar surface area (TPSA) is 89.2 Å². The summed E-state index contributed by atoms with van der Waals surface area (Å²) < 4.78 is 5.20. The first-order chi connectivity index (χ1) is 18.6. The van der Waals surface area contributed by atoms with E-state index in [0.29, 0.717) is 37.4 Å². The second-order valence-corrected chi connectivity index (χ2v) is 8.90. The number of para-hydroxylation sites is 1. The summed E-state index contributed by atoms with van der Waals surface area (Å²) in [5.41, 5.74) is 14.0. The van der Waals surface area contributed by atoms with Gasteiger partial charge >= 0.3 is 0 Å². The van der Waals surface area contributed by atoms with Gasteiger partial charge in [-0.05, 0) is 30.2 Å². The summed E-state index contributed by atoms with van der Waals surface area (Å²) in [6, 6.07) is 23.4. The number of nitrogens with one attached hydrogen (secondary N) is 1. The number of nitrogens with zero attached hydrogens (tertiary/aromatic N) is 2. The zero-order chi connectivity index (χ0) is 27.1. The van der Waals surface area contributed by atoms with Crippen molar-refractivity contribution < 1.29 is 14.4 Å². The number of anilines is 1. The molecule has 0 bridgehead atoms. The molecule has 3 aromatic carbocycles. The molecule has 5 rings (SSSR count). The van der Waals surface area contributed by atoms with Crippen LogP contribution in [0.1, 0.15) is 59.8 Å². The summed E-state index contributed by atoms with van der Waals surface area (Å²) >= 11 is 0. The number of oxime groups is 1. The Morgan fingerprint density at radius 1 is 1.00 bits per heavy atom. The zero-order valence-corrected chi connectivity index (χ0v) is 22.5. The number of methoxy groups -OCH3 is 1. The number of carbonyl (C=O) groups is 1. The van der Waals surface area contributed by atoms with Gasteiger partial charge in [0.2, 0.25) is 0 Å². The lowest BCUT2D eigenvalue weighted by Gasteiger charge is -2.31. The van der Waals surface area contributed by atoms with Crippen molar-refractivity contribution in [3.8, 4) is 0 Å². The van der Waals surface area contributed by atoms with E-state index in [0.717, 1.165) is 39.3 Å². The van der Waals surface area contributed by atoms with Crippen LogP contribution < -0.4 is 16.0 Å². The highest BCUT2D eigenvalue weighted by Gasteiger charge is 2.32. The van der Waals surface area contributed by atoms with E-state index in [-0.39, 0.29) is 12.0 Å². The Bertz CT molecular complexity index is 1330. The summed E-state index contributed by atoms with van der Waals surface area (Å²) in [6.45, 7) is 7.62. The molecule has 3 N–H and O–H groups in total. The van der Waals surface area contributed by atoms with E-state index in [1.807, 2.05) is 93.6 Å². The van der Waals surface area contributed by atoms with Crippen molar-refractivity contribution in [2.45, 2.75) is 39.9 Å². The van der Waals surface area contributed by atoms with Crippen LogP contribution in [0.3, 0.4) is 0 Å². The Balaban J connectivity index is 0.00000164. The molecular weight excluding hydrogens is 476 g/mol. The number of hydrogen-bond acceptors (Lipinski definition) is 6. The van der Waals surface area contributed by atoms with E-state index < -0.39 is 0 Å². The molecule has 7 nitrogen and oxygen atoms in total. The molecule has 0 saturated heterocycles. The second-order valence-electron chi connectivity index (χ2n) is 8.90. The van der Waals surface area contributed by atoms with Crippen molar-refractivity contribution in [2.75, 3.05) is 25.1 Å². The van der Waals surface area contributed by atoms with Gasteiger partial charge in [0.15, 0.2) is 6.10 Å². The van der Waals surface area contributed by atoms with Crippen molar-refractivity contribution in [1.29, 1.82) is 0 Å². The molecule has 7 heteroatoms. The van der Waals surface area contributed by atoms with Crippen molar-refractivity contribution in [2.24, 2.45) is 10.9 Å². The number of fused-ring (bicyclic) bond motifs is 2. The molecule has 0 aromatic heterocycles. The van der Waals surface area contributed by atoms with E-state index in [9.17, 15) is 4.79 Å². The van der Waals surface area contributed by atoms with E-state index >= 15 is 0 Å². The van der Waals surface area contributed by atoms with Gasteiger partial charge in [-0.1, -0.05) is 79.7 Å². The Kier molecular flexibility index (Phi) is 8.81. The molecule has 198 valence electrons. The monoisotopic (exact) mass is 512 g/mol. The Morgan fingerprint density at radius 3 is 2.34 bits per heavy atom. The molecule has 0 saturated carbocycles. The highest BCUT2D eigenvalue weighted by molar-refractivity contribution is 6.13. The predicted octanol–water partition coefficient (Wildman–Crippen LogP) is 5.41. The average Bonchev–Trinajstić information content (AvgIpc) is 3.44. The summed E-state index contributed by atoms with van der Waals surface area (Å²) in [6.07, 6.45) is 0.325. The van der Waals surface area contributed by atoms with Gasteiger partial charge in [0.25, 0.3) is 5.91 Å². The van der Waals surface area contributed by atoms with Gasteiger partial charge in [-0.25, -0.2) is 0 Å². The van der Waals surface area contributed by atoms with Crippen molar-refractivity contribution >= 4 is 28.7 Å². The van der Waals surface area contributed by atoms with E-state index in [1.165, 1.54) is 0 Å². The number of hydrogen-bond donors (Lipinski definition) is 2. The van der Waals surface area contributed by atoms with Crippen LogP contribution in [0, 0.1) is 0 Å². The molecule has 38 heavy (non-hydrogen) atoms. The Hall–Kier alpha value is -4.10. The van der Waals surface area contributed by atoms with Crippen LogP contribution >= 0.6 is 0 Å². The summed E-state index contributed by atoms with van der Waals surface area (Å²) in [5.74, 6) is -0.0954. The fourth-order valence-electron chi connectivity index (χ4n) is 4.77. The van der Waals surface area contributed by atoms with Crippen LogP contribution in [-0.4, -0.2) is 37.9 Å². The quantitative estimate of drug-likeness (QED) is 0.442. The molecule has 1 amide bonds. The first-order valence-electron chi connectivity index (χ1n) is 13.2. The smallest absolute Gasteiger partial charge is 0.259 e. The standard InChI is InChI=1S/C29H30N4O3.C2H6/c1-3-31-28-22-8-4-5-9-23(22)29(34)33(26-11-7-6-10-24(26)27(28)30)17-21-16-25(32-36-21)20-14-12-19(13-15-20)18-35-2;1-2/h4-15,21,31H,3,16-18,30H2,1-2H3;1-2H3/b28-27-;. The van der Waals surface area contributed by atoms with E-state index in [4.69, 9.17) is 15.3 Å². The van der Waals surface area contributed by atoms with Gasteiger partial charge in [-0.15, -0.1) is 0 Å². The molecule has 1 unspecified atom stereocenters. The zero-order valence-electron chi connectivity index (χ0n) is 22.5. The lowest BCUT2D eigenvalue weighted by Crippen LogP contribution is -2.40. The minimum atomic E-state index is -0.277. The first-order valence-corrected chi connectivity index (χ1v) is 13.2. The summed E-state index contributed by atoms with van der Waals surface area (Å²) in [5, 5.41) is 7.73. The largest absolute Gasteiger partial charge is 0.396 e. The van der Waals surface area contributed by atoms with Crippen molar-refractivity contribution in [1.82, 2.24) is 5.32 Å². The number of rotatable bonds is 7. The van der Waals surface area contributed by atoms with Crippen LogP contribution in [0.25, 0.3) is 11.4 Å². The number of carbonyl (C=O) groups excluding carboxylic acids is 1. The Morgan fingerprint density at radius 2 is 1.66 bits per heavy atom. The molecule has 3 aromatic rings. The highest BCUT2D eigenvalue weighted by atomic mass is 16.6. The fraction of sp³-hybridized carbons (Fsp3) is 0.290. The van der Waals surface area contributed by atoms with Gasteiger partial charge in [-0.2, -0.15) is 0 Å². The van der Waals surface area contributed by atoms with E-state index in [2.05, 4.69) is 10.5 Å². The highest BCUT2D eigenvalue weighted by Crippen LogP contribution is 2.35. The minimum Gasteiger partial charge on any atom is -0.396 e. The normalized spacial score (nSPS) is 18.2. The molecule has 0 fully saturated rings. The molecular formula is C31H36N4O3. The van der Waals surface area contributed by atoms with E-state index in [1.54, 1.807) is 12.0 Å². The van der Waals surface area contributed by atoms with Gasteiger partial charge in [0, 0.05) is 36.8 Å². The number of ether oxygens (including phenoxy) is 1. The summed E-state index contributed by atoms with van der Waals surface area (Å²) in [4.78, 5) is 21.6. The predicted molar refractivity (Wildman–Crippen MR) is 154 cm³/mol. The first kappa shape index (κ1) is 26.9. The lowest BCUT2D eigenvalue weighted by atomic mass is 9.95. The van der Waals surface area contributed by atoms with Crippen LogP contribution in [0.4, 0.5) is 5.69 Å². The van der Waals surface area contributed by atoms with Crippen LogP contribution in [-0.2, 0) is 16.2 Å².